The van der Waals surface area contributed by atoms with E-state index in [4.69, 9.17) is 18.0 Å². The highest BCUT2D eigenvalue weighted by Crippen LogP contribution is 2.26. The Kier molecular flexibility index (Phi) is 4.96. The first-order valence-electron chi connectivity index (χ1n) is 5.98. The fraction of sp³-hybridized carbons (Fsp3) is 0.214. The van der Waals surface area contributed by atoms with Gasteiger partial charge in [0.05, 0.1) is 6.54 Å². The van der Waals surface area contributed by atoms with Gasteiger partial charge in [-0.3, -0.25) is 0 Å². The second-order valence-corrected chi connectivity index (χ2v) is 6.45. The molecule has 0 saturated carbocycles. The summed E-state index contributed by atoms with van der Waals surface area (Å²) in [5.41, 5.74) is 7.72. The van der Waals surface area contributed by atoms with Crippen molar-refractivity contribution in [3.05, 3.63) is 50.6 Å². The molecule has 2 aromatic rings. The fourth-order valence-corrected chi connectivity index (χ4v) is 3.49. The SMILES string of the molecule is CCN(Cc1cccs1)c1ccc(C(N)=S)c(Br)c1. The van der Waals surface area contributed by atoms with Crippen molar-refractivity contribution in [2.75, 3.05) is 11.4 Å². The number of thiophene rings is 1. The average Bonchev–Trinajstić information content (AvgIpc) is 2.88. The summed E-state index contributed by atoms with van der Waals surface area (Å²) in [6, 6.07) is 10.4. The van der Waals surface area contributed by atoms with Crippen LogP contribution in [-0.2, 0) is 6.54 Å². The Labute approximate surface area is 131 Å². The average molecular weight is 355 g/mol. The lowest BCUT2D eigenvalue weighted by Gasteiger charge is -2.23. The molecule has 5 heteroatoms. The first-order valence-corrected chi connectivity index (χ1v) is 8.06. The van der Waals surface area contributed by atoms with Gasteiger partial charge in [-0.2, -0.15) is 0 Å². The van der Waals surface area contributed by atoms with Gasteiger partial charge in [0.2, 0.25) is 0 Å². The molecular weight excluding hydrogens is 340 g/mol. The molecule has 2 rings (SSSR count). The number of benzene rings is 1. The lowest BCUT2D eigenvalue weighted by molar-refractivity contribution is 0.842. The number of halogens is 1. The van der Waals surface area contributed by atoms with Crippen molar-refractivity contribution in [1.29, 1.82) is 0 Å². The Morgan fingerprint density at radius 2 is 2.21 bits per heavy atom. The van der Waals surface area contributed by atoms with E-state index < -0.39 is 0 Å². The Hall–Kier alpha value is -0.910. The summed E-state index contributed by atoms with van der Waals surface area (Å²) >= 11 is 10.3. The molecule has 0 radical (unpaired) electrons. The molecule has 0 aliphatic carbocycles. The van der Waals surface area contributed by atoms with Crippen molar-refractivity contribution in [3.8, 4) is 0 Å². The lowest BCUT2D eigenvalue weighted by atomic mass is 10.2. The third kappa shape index (κ3) is 3.55. The van der Waals surface area contributed by atoms with Crippen LogP contribution in [0.2, 0.25) is 0 Å². The van der Waals surface area contributed by atoms with E-state index in [1.165, 1.54) is 10.6 Å². The second-order valence-electron chi connectivity index (χ2n) is 4.12. The highest BCUT2D eigenvalue weighted by Gasteiger charge is 2.09. The van der Waals surface area contributed by atoms with Crippen LogP contribution in [0.3, 0.4) is 0 Å². The topological polar surface area (TPSA) is 29.3 Å². The van der Waals surface area contributed by atoms with E-state index in [1.807, 2.05) is 6.07 Å². The maximum Gasteiger partial charge on any atom is 0.105 e. The van der Waals surface area contributed by atoms with Crippen LogP contribution in [-0.4, -0.2) is 11.5 Å². The lowest BCUT2D eigenvalue weighted by Crippen LogP contribution is -2.21. The van der Waals surface area contributed by atoms with Gasteiger partial charge in [0.25, 0.3) is 0 Å². The summed E-state index contributed by atoms with van der Waals surface area (Å²) in [7, 11) is 0. The standard InChI is InChI=1S/C14H15BrN2S2/c1-2-17(9-11-4-3-7-19-11)10-5-6-12(14(16)18)13(15)8-10/h3-8H,2,9H2,1H3,(H2,16,18). The van der Waals surface area contributed by atoms with Crippen LogP contribution in [0.4, 0.5) is 5.69 Å². The van der Waals surface area contributed by atoms with Gasteiger partial charge in [-0.15, -0.1) is 11.3 Å². The van der Waals surface area contributed by atoms with Crippen molar-refractivity contribution in [2.45, 2.75) is 13.5 Å². The largest absolute Gasteiger partial charge is 0.389 e. The molecule has 2 nitrogen and oxygen atoms in total. The van der Waals surface area contributed by atoms with E-state index in [1.54, 1.807) is 11.3 Å². The van der Waals surface area contributed by atoms with Crippen LogP contribution in [0.1, 0.15) is 17.4 Å². The van der Waals surface area contributed by atoms with Gasteiger partial charge < -0.3 is 10.6 Å². The first-order chi connectivity index (χ1) is 9.11. The maximum absolute atomic E-state index is 5.67. The smallest absolute Gasteiger partial charge is 0.105 e. The summed E-state index contributed by atoms with van der Waals surface area (Å²) in [5.74, 6) is 0. The Morgan fingerprint density at radius 3 is 2.74 bits per heavy atom. The van der Waals surface area contributed by atoms with Crippen LogP contribution in [0.15, 0.2) is 40.2 Å². The molecule has 1 heterocycles. The fourth-order valence-electron chi connectivity index (χ4n) is 1.88. The second kappa shape index (κ2) is 6.50. The van der Waals surface area contributed by atoms with E-state index in [9.17, 15) is 0 Å². The van der Waals surface area contributed by atoms with E-state index >= 15 is 0 Å². The molecular formula is C14H15BrN2S2. The van der Waals surface area contributed by atoms with Crippen LogP contribution in [0, 0.1) is 0 Å². The molecule has 0 amide bonds. The van der Waals surface area contributed by atoms with Crippen LogP contribution in [0.5, 0.6) is 0 Å². The third-order valence-electron chi connectivity index (χ3n) is 2.89. The number of hydrogen-bond acceptors (Lipinski definition) is 3. The molecule has 0 unspecified atom stereocenters. The van der Waals surface area contributed by atoms with Crippen molar-refractivity contribution < 1.29 is 0 Å². The van der Waals surface area contributed by atoms with Crippen molar-refractivity contribution in [1.82, 2.24) is 0 Å². The van der Waals surface area contributed by atoms with Crippen molar-refractivity contribution in [3.63, 3.8) is 0 Å². The van der Waals surface area contributed by atoms with Crippen LogP contribution < -0.4 is 10.6 Å². The quantitative estimate of drug-likeness (QED) is 0.817. The van der Waals surface area contributed by atoms with Gasteiger partial charge in [-0.25, -0.2) is 0 Å². The number of thiocarbonyl (C=S) groups is 1. The normalized spacial score (nSPS) is 10.4. The van der Waals surface area contributed by atoms with E-state index in [2.05, 4.69) is 57.4 Å². The minimum absolute atomic E-state index is 0.416. The number of nitrogens with two attached hydrogens (primary N) is 1. The van der Waals surface area contributed by atoms with Gasteiger partial charge in [-0.05, 0) is 52.5 Å². The monoisotopic (exact) mass is 354 g/mol. The highest BCUT2D eigenvalue weighted by atomic mass is 79.9. The number of anilines is 1. The van der Waals surface area contributed by atoms with Gasteiger partial charge in [-0.1, -0.05) is 18.3 Å². The number of hydrogen-bond donors (Lipinski definition) is 1. The summed E-state index contributed by atoms with van der Waals surface area (Å²) in [4.78, 5) is 4.09. The van der Waals surface area contributed by atoms with Crippen LogP contribution >= 0.6 is 39.5 Å². The molecule has 0 bridgehead atoms. The molecule has 0 aliphatic rings. The molecule has 0 fully saturated rings. The summed E-state index contributed by atoms with van der Waals surface area (Å²) in [6.45, 7) is 4.03. The molecule has 2 N–H and O–H groups in total. The number of rotatable bonds is 5. The predicted molar refractivity (Wildman–Crippen MR) is 91.1 cm³/mol. The van der Waals surface area contributed by atoms with E-state index in [-0.39, 0.29) is 0 Å². The first kappa shape index (κ1) is 14.5. The van der Waals surface area contributed by atoms with Gasteiger partial charge in [0.1, 0.15) is 4.99 Å². The zero-order valence-corrected chi connectivity index (χ0v) is 13.8. The molecule has 0 aliphatic heterocycles. The molecule has 0 atom stereocenters. The van der Waals surface area contributed by atoms with Gasteiger partial charge in [0, 0.05) is 27.1 Å². The van der Waals surface area contributed by atoms with Gasteiger partial charge >= 0.3 is 0 Å². The van der Waals surface area contributed by atoms with Gasteiger partial charge in [0.15, 0.2) is 0 Å². The maximum atomic E-state index is 5.67. The van der Waals surface area contributed by atoms with Crippen LogP contribution in [0.25, 0.3) is 0 Å². The minimum atomic E-state index is 0.416. The summed E-state index contributed by atoms with van der Waals surface area (Å²) < 4.78 is 0.946. The van der Waals surface area contributed by atoms with E-state index in [0.29, 0.717) is 4.99 Å². The van der Waals surface area contributed by atoms with Crippen molar-refractivity contribution in [2.24, 2.45) is 5.73 Å². The zero-order valence-electron chi connectivity index (χ0n) is 10.6. The zero-order chi connectivity index (χ0) is 13.8. The van der Waals surface area contributed by atoms with Crippen molar-refractivity contribution >= 4 is 50.2 Å². The Bertz CT molecular complexity index is 567. The summed E-state index contributed by atoms with van der Waals surface area (Å²) in [5, 5.41) is 2.11. The Morgan fingerprint density at radius 1 is 1.42 bits per heavy atom. The minimum Gasteiger partial charge on any atom is -0.389 e. The molecule has 0 saturated heterocycles. The molecule has 100 valence electrons. The van der Waals surface area contributed by atoms with E-state index in [0.717, 1.165) is 23.1 Å². The Balaban J connectivity index is 2.23. The molecule has 1 aromatic heterocycles. The summed E-state index contributed by atoms with van der Waals surface area (Å²) in [6.07, 6.45) is 0. The highest BCUT2D eigenvalue weighted by molar-refractivity contribution is 9.10. The third-order valence-corrected chi connectivity index (χ3v) is 4.63. The number of nitrogens with zero attached hydrogens (tertiary/aromatic N) is 1. The predicted octanol–water partition coefficient (Wildman–Crippen LogP) is 4.17. The molecule has 1 aromatic carbocycles. The molecule has 19 heavy (non-hydrogen) atoms. The molecule has 0 spiro atoms.